The van der Waals surface area contributed by atoms with Crippen LogP contribution in [0.3, 0.4) is 0 Å². The Labute approximate surface area is 110 Å². The maximum Gasteiger partial charge on any atom is 0.0652 e. The molecule has 100 valence electrons. The normalized spacial score (nSPS) is 25.7. The molecular formula is C15H24N2O. The van der Waals surface area contributed by atoms with Crippen LogP contribution in [0.1, 0.15) is 25.8 Å². The van der Waals surface area contributed by atoms with Crippen molar-refractivity contribution in [3.05, 3.63) is 29.8 Å². The number of nitrogens with one attached hydrogen (secondary N) is 1. The van der Waals surface area contributed by atoms with E-state index >= 15 is 0 Å². The molecule has 2 atom stereocenters. The van der Waals surface area contributed by atoms with Crippen LogP contribution < -0.4 is 11.1 Å². The summed E-state index contributed by atoms with van der Waals surface area (Å²) in [7, 11) is 1.80. The largest absolute Gasteiger partial charge is 0.399 e. The maximum atomic E-state index is 5.67. The zero-order valence-corrected chi connectivity index (χ0v) is 11.6. The highest BCUT2D eigenvalue weighted by Crippen LogP contribution is 2.42. The minimum atomic E-state index is 0.246. The van der Waals surface area contributed by atoms with Gasteiger partial charge in [0.2, 0.25) is 0 Å². The van der Waals surface area contributed by atoms with Crippen molar-refractivity contribution in [2.45, 2.75) is 38.8 Å². The molecule has 0 amide bonds. The summed E-state index contributed by atoms with van der Waals surface area (Å²) in [6.07, 6.45) is 2.56. The third-order valence-electron chi connectivity index (χ3n) is 4.25. The fourth-order valence-corrected chi connectivity index (χ4v) is 2.71. The van der Waals surface area contributed by atoms with Gasteiger partial charge in [-0.25, -0.2) is 0 Å². The lowest BCUT2D eigenvalue weighted by molar-refractivity contribution is -0.0971. The Kier molecular flexibility index (Phi) is 3.93. The van der Waals surface area contributed by atoms with Crippen molar-refractivity contribution >= 4 is 5.69 Å². The van der Waals surface area contributed by atoms with Crippen molar-refractivity contribution < 1.29 is 4.74 Å². The molecule has 0 aromatic heterocycles. The maximum absolute atomic E-state index is 5.67. The first-order valence-electron chi connectivity index (χ1n) is 6.64. The van der Waals surface area contributed by atoms with E-state index in [1.165, 1.54) is 5.56 Å². The molecule has 1 saturated carbocycles. The second kappa shape index (κ2) is 5.29. The first-order chi connectivity index (χ1) is 8.54. The average Bonchev–Trinajstić information content (AvgIpc) is 2.35. The van der Waals surface area contributed by atoms with Crippen molar-refractivity contribution in [1.82, 2.24) is 5.32 Å². The number of nitrogens with two attached hydrogens (primary N) is 1. The molecule has 0 spiro atoms. The van der Waals surface area contributed by atoms with E-state index in [1.807, 2.05) is 12.1 Å². The Balaban J connectivity index is 1.75. The predicted molar refractivity (Wildman–Crippen MR) is 75.5 cm³/mol. The molecule has 18 heavy (non-hydrogen) atoms. The van der Waals surface area contributed by atoms with Gasteiger partial charge in [-0.1, -0.05) is 26.0 Å². The van der Waals surface area contributed by atoms with Crippen LogP contribution in [0.4, 0.5) is 5.69 Å². The second-order valence-electron chi connectivity index (χ2n) is 5.78. The summed E-state index contributed by atoms with van der Waals surface area (Å²) < 4.78 is 5.46. The van der Waals surface area contributed by atoms with Crippen LogP contribution >= 0.6 is 0 Å². The molecule has 3 N–H and O–H groups in total. The lowest BCUT2D eigenvalue weighted by Gasteiger charge is -2.51. The highest BCUT2D eigenvalue weighted by molar-refractivity contribution is 5.39. The number of anilines is 1. The first kappa shape index (κ1) is 13.4. The van der Waals surface area contributed by atoms with Crippen LogP contribution in [0, 0.1) is 5.41 Å². The van der Waals surface area contributed by atoms with Gasteiger partial charge in [0.1, 0.15) is 0 Å². The Bertz CT molecular complexity index is 386. The summed E-state index contributed by atoms with van der Waals surface area (Å²) in [6, 6.07) is 8.69. The minimum Gasteiger partial charge on any atom is -0.399 e. The number of methoxy groups -OCH3 is 1. The van der Waals surface area contributed by atoms with Gasteiger partial charge in [-0.2, -0.15) is 0 Å². The van der Waals surface area contributed by atoms with E-state index in [2.05, 4.69) is 31.3 Å². The molecule has 0 bridgehead atoms. The Hall–Kier alpha value is -1.06. The summed E-state index contributed by atoms with van der Waals surface area (Å²) in [5.41, 5.74) is 8.08. The lowest BCUT2D eigenvalue weighted by atomic mass is 9.64. The van der Waals surface area contributed by atoms with Crippen molar-refractivity contribution in [3.8, 4) is 0 Å². The van der Waals surface area contributed by atoms with Gasteiger partial charge in [0.25, 0.3) is 0 Å². The molecule has 1 aliphatic rings. The average molecular weight is 248 g/mol. The third kappa shape index (κ3) is 2.68. The van der Waals surface area contributed by atoms with Crippen molar-refractivity contribution in [3.63, 3.8) is 0 Å². The molecular weight excluding hydrogens is 224 g/mol. The smallest absolute Gasteiger partial charge is 0.0652 e. The first-order valence-corrected chi connectivity index (χ1v) is 6.64. The van der Waals surface area contributed by atoms with Crippen LogP contribution in [0.25, 0.3) is 0 Å². The number of rotatable bonds is 5. The third-order valence-corrected chi connectivity index (χ3v) is 4.25. The zero-order chi connectivity index (χ0) is 13.2. The molecule has 2 unspecified atom stereocenters. The molecule has 3 heteroatoms. The topological polar surface area (TPSA) is 47.3 Å². The van der Waals surface area contributed by atoms with Crippen LogP contribution in [-0.4, -0.2) is 25.8 Å². The lowest BCUT2D eigenvalue weighted by Crippen LogP contribution is -2.60. The van der Waals surface area contributed by atoms with E-state index < -0.39 is 0 Å². The summed E-state index contributed by atoms with van der Waals surface area (Å²) >= 11 is 0. The molecule has 1 aromatic carbocycles. The van der Waals surface area contributed by atoms with E-state index in [4.69, 9.17) is 10.5 Å². The Morgan fingerprint density at radius 1 is 1.33 bits per heavy atom. The number of ether oxygens (including phenoxy) is 1. The van der Waals surface area contributed by atoms with Gasteiger partial charge in [-0.3, -0.25) is 0 Å². The summed E-state index contributed by atoms with van der Waals surface area (Å²) in [6.45, 7) is 5.55. The van der Waals surface area contributed by atoms with Crippen molar-refractivity contribution in [2.24, 2.45) is 5.41 Å². The van der Waals surface area contributed by atoms with E-state index in [0.717, 1.165) is 25.1 Å². The van der Waals surface area contributed by atoms with E-state index in [1.54, 1.807) is 7.11 Å². The highest BCUT2D eigenvalue weighted by atomic mass is 16.5. The molecule has 1 aromatic rings. The van der Waals surface area contributed by atoms with Gasteiger partial charge in [-0.05, 0) is 37.1 Å². The second-order valence-corrected chi connectivity index (χ2v) is 5.78. The minimum absolute atomic E-state index is 0.246. The number of hydrogen-bond acceptors (Lipinski definition) is 3. The molecule has 0 heterocycles. The summed E-state index contributed by atoms with van der Waals surface area (Å²) in [5.74, 6) is 0. The highest BCUT2D eigenvalue weighted by Gasteiger charge is 2.47. The van der Waals surface area contributed by atoms with Gasteiger partial charge >= 0.3 is 0 Å². The molecule has 0 aliphatic heterocycles. The SMILES string of the molecule is COC1CC(NCCc2ccc(N)cc2)C1(C)C. The number of nitrogen functional groups attached to an aromatic ring is 1. The molecule has 0 saturated heterocycles. The molecule has 0 radical (unpaired) electrons. The quantitative estimate of drug-likeness (QED) is 0.785. The van der Waals surface area contributed by atoms with Crippen molar-refractivity contribution in [2.75, 3.05) is 19.4 Å². The molecule has 3 nitrogen and oxygen atoms in total. The fourth-order valence-electron chi connectivity index (χ4n) is 2.71. The van der Waals surface area contributed by atoms with Gasteiger partial charge in [0.15, 0.2) is 0 Å². The number of benzene rings is 1. The van der Waals surface area contributed by atoms with Gasteiger partial charge in [0.05, 0.1) is 6.10 Å². The van der Waals surface area contributed by atoms with E-state index in [-0.39, 0.29) is 5.41 Å². The molecule has 1 aliphatic carbocycles. The Morgan fingerprint density at radius 2 is 2.00 bits per heavy atom. The monoisotopic (exact) mass is 248 g/mol. The van der Waals surface area contributed by atoms with Crippen LogP contribution in [0.2, 0.25) is 0 Å². The van der Waals surface area contributed by atoms with E-state index in [9.17, 15) is 0 Å². The van der Waals surface area contributed by atoms with Crippen LogP contribution in [-0.2, 0) is 11.2 Å². The molecule has 2 rings (SSSR count). The molecule has 1 fully saturated rings. The Morgan fingerprint density at radius 3 is 2.56 bits per heavy atom. The zero-order valence-electron chi connectivity index (χ0n) is 11.6. The number of hydrogen-bond donors (Lipinski definition) is 2. The summed E-state index contributed by atoms with van der Waals surface area (Å²) in [5, 5.41) is 3.63. The van der Waals surface area contributed by atoms with Gasteiger partial charge < -0.3 is 15.8 Å². The predicted octanol–water partition coefficient (Wildman–Crippen LogP) is 2.21. The van der Waals surface area contributed by atoms with E-state index in [0.29, 0.717) is 12.1 Å². The van der Waals surface area contributed by atoms with Crippen LogP contribution in [0.5, 0.6) is 0 Å². The standard InChI is InChI=1S/C15H24N2O/c1-15(2)13(10-14(15)18-3)17-9-8-11-4-6-12(16)7-5-11/h4-7,13-14,17H,8-10,16H2,1-3H3. The van der Waals surface area contributed by atoms with Crippen molar-refractivity contribution in [1.29, 1.82) is 0 Å². The van der Waals surface area contributed by atoms with Gasteiger partial charge in [0, 0.05) is 24.3 Å². The summed E-state index contributed by atoms with van der Waals surface area (Å²) in [4.78, 5) is 0. The van der Waals surface area contributed by atoms with Crippen LogP contribution in [0.15, 0.2) is 24.3 Å². The van der Waals surface area contributed by atoms with Gasteiger partial charge in [-0.15, -0.1) is 0 Å². The fraction of sp³-hybridized carbons (Fsp3) is 0.600.